The molecule has 0 atom stereocenters. The number of hydrogen-bond donors (Lipinski definition) is 0. The van der Waals surface area contributed by atoms with E-state index >= 15 is 0 Å². The largest absolute Gasteiger partial charge is 0.0784 e. The summed E-state index contributed by atoms with van der Waals surface area (Å²) in [6, 6.07) is 0. The van der Waals surface area contributed by atoms with Gasteiger partial charge in [-0.05, 0) is 24.3 Å². The van der Waals surface area contributed by atoms with Crippen molar-refractivity contribution >= 4 is 7.26 Å². The summed E-state index contributed by atoms with van der Waals surface area (Å²) in [6.45, 7) is 0. The summed E-state index contributed by atoms with van der Waals surface area (Å²) in [5.74, 6) is 0. The molecule has 2 aliphatic rings. The standard InChI is InChI=1S/C8H12P/c1-2-6-9(5-1)7-3-4-8-9/h1-4H,5-8H2/q+1. The maximum absolute atomic E-state index is 2.38. The van der Waals surface area contributed by atoms with Crippen molar-refractivity contribution in [2.75, 3.05) is 24.6 Å². The predicted molar refractivity (Wildman–Crippen MR) is 44.7 cm³/mol. The molecule has 0 saturated carbocycles. The van der Waals surface area contributed by atoms with Crippen molar-refractivity contribution in [3.05, 3.63) is 24.3 Å². The Hall–Kier alpha value is -0.0900. The molecule has 0 aromatic rings. The smallest absolute Gasteiger partial charge is 0.0480 e. The van der Waals surface area contributed by atoms with E-state index < -0.39 is 7.26 Å². The SMILES string of the molecule is C1=CC[P+]2(C1)CC=CC2. The highest BCUT2D eigenvalue weighted by molar-refractivity contribution is 7.77. The van der Waals surface area contributed by atoms with E-state index in [-0.39, 0.29) is 0 Å². The molecule has 0 radical (unpaired) electrons. The van der Waals surface area contributed by atoms with Gasteiger partial charge in [-0.1, -0.05) is 0 Å². The van der Waals surface area contributed by atoms with E-state index in [0.29, 0.717) is 0 Å². The van der Waals surface area contributed by atoms with E-state index in [1.807, 2.05) is 0 Å². The minimum Gasteiger partial charge on any atom is -0.0480 e. The zero-order valence-electron chi connectivity index (χ0n) is 5.59. The first kappa shape index (κ1) is 5.68. The maximum atomic E-state index is 2.38. The van der Waals surface area contributed by atoms with Gasteiger partial charge in [0.05, 0.1) is 24.6 Å². The fraction of sp³-hybridized carbons (Fsp3) is 0.500. The third kappa shape index (κ3) is 0.861. The molecule has 9 heavy (non-hydrogen) atoms. The van der Waals surface area contributed by atoms with Gasteiger partial charge in [0, 0.05) is 7.26 Å². The minimum atomic E-state index is -0.420. The Kier molecular flexibility index (Phi) is 1.23. The molecule has 1 heteroatoms. The van der Waals surface area contributed by atoms with Gasteiger partial charge in [-0.15, -0.1) is 0 Å². The van der Waals surface area contributed by atoms with E-state index in [1.54, 1.807) is 0 Å². The summed E-state index contributed by atoms with van der Waals surface area (Å²) in [4.78, 5) is 0. The van der Waals surface area contributed by atoms with Crippen molar-refractivity contribution in [1.82, 2.24) is 0 Å². The topological polar surface area (TPSA) is 0 Å². The Balaban J connectivity index is 2.11. The van der Waals surface area contributed by atoms with Crippen LogP contribution in [0.1, 0.15) is 0 Å². The lowest BCUT2D eigenvalue weighted by atomic mass is 10.6. The Bertz CT molecular complexity index is 128. The third-order valence-corrected chi connectivity index (χ3v) is 6.25. The lowest BCUT2D eigenvalue weighted by Crippen LogP contribution is -1.97. The second-order valence-electron chi connectivity index (χ2n) is 3.01. The second kappa shape index (κ2) is 1.95. The summed E-state index contributed by atoms with van der Waals surface area (Å²) in [6.07, 6.45) is 15.2. The van der Waals surface area contributed by atoms with Crippen LogP contribution in [0.3, 0.4) is 0 Å². The van der Waals surface area contributed by atoms with Crippen molar-refractivity contribution in [3.63, 3.8) is 0 Å². The summed E-state index contributed by atoms with van der Waals surface area (Å²) in [7, 11) is -0.420. The average Bonchev–Trinajstić information content (AvgIpc) is 2.45. The highest BCUT2D eigenvalue weighted by atomic mass is 31.2. The predicted octanol–water partition coefficient (Wildman–Crippen LogP) is 2.14. The monoisotopic (exact) mass is 139 g/mol. The van der Waals surface area contributed by atoms with Gasteiger partial charge in [-0.3, -0.25) is 0 Å². The van der Waals surface area contributed by atoms with Gasteiger partial charge in [-0.25, -0.2) is 0 Å². The number of rotatable bonds is 0. The van der Waals surface area contributed by atoms with Crippen LogP contribution in [0.15, 0.2) is 24.3 Å². The fourth-order valence-electron chi connectivity index (χ4n) is 1.64. The molecule has 0 unspecified atom stereocenters. The molecule has 2 rings (SSSR count). The zero-order valence-corrected chi connectivity index (χ0v) is 6.48. The molecular weight excluding hydrogens is 127 g/mol. The maximum Gasteiger partial charge on any atom is 0.0784 e. The summed E-state index contributed by atoms with van der Waals surface area (Å²) in [5.41, 5.74) is 0. The van der Waals surface area contributed by atoms with Crippen molar-refractivity contribution in [3.8, 4) is 0 Å². The molecule has 0 fully saturated rings. The van der Waals surface area contributed by atoms with Gasteiger partial charge in [0.2, 0.25) is 0 Å². The van der Waals surface area contributed by atoms with E-state index in [0.717, 1.165) is 0 Å². The summed E-state index contributed by atoms with van der Waals surface area (Å²) < 4.78 is 0. The quantitative estimate of drug-likeness (QED) is 0.356. The Morgan fingerprint density at radius 1 is 0.667 bits per heavy atom. The Labute approximate surface area is 57.0 Å². The van der Waals surface area contributed by atoms with E-state index in [9.17, 15) is 0 Å². The number of allylic oxidation sites excluding steroid dienone is 4. The normalized spacial score (nSPS) is 28.4. The molecule has 0 bridgehead atoms. The first-order chi connectivity index (χ1) is 4.41. The van der Waals surface area contributed by atoms with Gasteiger partial charge >= 0.3 is 0 Å². The molecule has 0 nitrogen and oxygen atoms in total. The average molecular weight is 139 g/mol. The van der Waals surface area contributed by atoms with Crippen LogP contribution < -0.4 is 0 Å². The molecule has 0 aliphatic carbocycles. The van der Waals surface area contributed by atoms with Crippen LogP contribution in [-0.2, 0) is 0 Å². The van der Waals surface area contributed by atoms with Crippen molar-refractivity contribution < 1.29 is 0 Å². The Morgan fingerprint density at radius 2 is 1.00 bits per heavy atom. The lowest BCUT2D eigenvalue weighted by molar-refractivity contribution is 1.62. The van der Waals surface area contributed by atoms with Crippen molar-refractivity contribution in [2.45, 2.75) is 0 Å². The zero-order chi connectivity index (χ0) is 6.16. The van der Waals surface area contributed by atoms with E-state index in [1.165, 1.54) is 24.6 Å². The van der Waals surface area contributed by atoms with Crippen LogP contribution in [0.5, 0.6) is 0 Å². The van der Waals surface area contributed by atoms with Gasteiger partial charge < -0.3 is 0 Å². The highest BCUT2D eigenvalue weighted by Gasteiger charge is 2.38. The Morgan fingerprint density at radius 3 is 1.33 bits per heavy atom. The van der Waals surface area contributed by atoms with Crippen LogP contribution in [0.4, 0.5) is 0 Å². The lowest BCUT2D eigenvalue weighted by Gasteiger charge is -2.13. The first-order valence-electron chi connectivity index (χ1n) is 3.56. The highest BCUT2D eigenvalue weighted by Crippen LogP contribution is 2.63. The molecule has 2 heterocycles. The van der Waals surface area contributed by atoms with Crippen LogP contribution in [0.2, 0.25) is 0 Å². The van der Waals surface area contributed by atoms with Gasteiger partial charge in [-0.2, -0.15) is 0 Å². The summed E-state index contributed by atoms with van der Waals surface area (Å²) >= 11 is 0. The minimum absolute atomic E-state index is 0.420. The van der Waals surface area contributed by atoms with E-state index in [4.69, 9.17) is 0 Å². The molecule has 0 aromatic carbocycles. The van der Waals surface area contributed by atoms with Crippen LogP contribution in [0.25, 0.3) is 0 Å². The van der Waals surface area contributed by atoms with Crippen molar-refractivity contribution in [2.24, 2.45) is 0 Å². The second-order valence-corrected chi connectivity index (χ2v) is 7.16. The molecule has 0 amide bonds. The summed E-state index contributed by atoms with van der Waals surface area (Å²) in [5, 5.41) is 0. The third-order valence-electron chi connectivity index (χ3n) is 2.30. The number of hydrogen-bond acceptors (Lipinski definition) is 0. The molecule has 2 aliphatic heterocycles. The molecule has 48 valence electrons. The van der Waals surface area contributed by atoms with Gasteiger partial charge in [0.15, 0.2) is 0 Å². The molecule has 0 aromatic heterocycles. The molecule has 0 saturated heterocycles. The first-order valence-corrected chi connectivity index (χ1v) is 6.09. The van der Waals surface area contributed by atoms with Crippen LogP contribution in [-0.4, -0.2) is 24.6 Å². The van der Waals surface area contributed by atoms with Crippen molar-refractivity contribution in [1.29, 1.82) is 0 Å². The molecule has 0 N–H and O–H groups in total. The van der Waals surface area contributed by atoms with Crippen LogP contribution >= 0.6 is 7.26 Å². The van der Waals surface area contributed by atoms with E-state index in [2.05, 4.69) is 24.3 Å². The van der Waals surface area contributed by atoms with Gasteiger partial charge in [0.25, 0.3) is 0 Å². The fourth-order valence-corrected chi connectivity index (χ4v) is 4.92. The molecule has 1 spiro atoms. The van der Waals surface area contributed by atoms with Gasteiger partial charge in [0.1, 0.15) is 0 Å². The molecular formula is C8H12P+. The van der Waals surface area contributed by atoms with Crippen LogP contribution in [0, 0.1) is 0 Å².